The Hall–Kier alpha value is -3.42. The number of hydrogen-bond acceptors (Lipinski definition) is 0. The van der Waals surface area contributed by atoms with E-state index in [2.05, 4.69) is 92.0 Å². The molecule has 0 bridgehead atoms. The van der Waals surface area contributed by atoms with E-state index in [0.29, 0.717) is 0 Å². The summed E-state index contributed by atoms with van der Waals surface area (Å²) in [6.45, 7) is 19.6. The van der Waals surface area contributed by atoms with Crippen molar-refractivity contribution in [1.82, 2.24) is 4.40 Å². The lowest BCUT2D eigenvalue weighted by molar-refractivity contribution is -0.643. The third-order valence-electron chi connectivity index (χ3n) is 9.03. The Bertz CT molecular complexity index is 1840. The molecule has 0 aliphatic heterocycles. The fraction of sp³-hybridized carbons (Fsp3) is 0.290. The molecule has 0 radical (unpaired) electrons. The molecule has 0 amide bonds. The lowest BCUT2D eigenvalue weighted by Crippen LogP contribution is -2.45. The summed E-state index contributed by atoms with van der Waals surface area (Å²) in [6.07, 6.45) is 2.23. The second-order valence-corrected chi connectivity index (χ2v) is 15.5. The van der Waals surface area contributed by atoms with Gasteiger partial charge in [-0.15, -0.1) is 0 Å². The van der Waals surface area contributed by atoms with Gasteiger partial charge in [-0.05, 0) is 47.9 Å². The minimum Gasteiger partial charge on any atom is -0.317 e. The zero-order valence-electron chi connectivity index (χ0n) is 21.6. The van der Waals surface area contributed by atoms with Crippen LogP contribution in [0.1, 0.15) is 31.9 Å². The lowest BCUT2D eigenvalue weighted by atomic mass is 9.96. The molecule has 0 aliphatic carbocycles. The second kappa shape index (κ2) is 7.54. The van der Waals surface area contributed by atoms with Crippen LogP contribution >= 0.6 is 0 Å². The zero-order chi connectivity index (χ0) is 24.6. The predicted molar refractivity (Wildman–Crippen MR) is 152 cm³/mol. The van der Waals surface area contributed by atoms with Crippen molar-refractivity contribution in [2.24, 2.45) is 7.05 Å². The maximum absolute atomic E-state index is 8.00. The van der Waals surface area contributed by atoms with Crippen molar-refractivity contribution < 1.29 is 4.57 Å². The predicted octanol–water partition coefficient (Wildman–Crippen LogP) is 7.70. The van der Waals surface area contributed by atoms with Crippen LogP contribution in [0.15, 0.2) is 48.7 Å². The van der Waals surface area contributed by atoms with Gasteiger partial charge in [0, 0.05) is 11.5 Å². The molecule has 0 spiro atoms. The molecule has 174 valence electrons. The van der Waals surface area contributed by atoms with Gasteiger partial charge in [-0.25, -0.2) is 9.41 Å². The SMILES string of the molecule is [C-]#[N+]c1cccc2c3cc(C)c(C)c4c3n(c3cc([Si](CC)(CC)CC)cc5cc[n+](C)c4c53)c12. The molecule has 4 heteroatoms. The monoisotopic (exact) mass is 474 g/mol. The molecule has 6 aromatic rings. The van der Waals surface area contributed by atoms with E-state index in [1.54, 1.807) is 5.19 Å². The van der Waals surface area contributed by atoms with E-state index >= 15 is 0 Å². The standard InChI is InChI=1S/C31H32N3Si/c1-8-35(9-2,10-3)22-17-21-14-15-33(7)31-27-20(5)19(4)16-24-23-12-11-13-25(32-6)29(23)34(30(24)27)26(18-22)28(21)31/h11-18H,8-10H2,1-5,7H3/q+1. The van der Waals surface area contributed by atoms with Crippen molar-refractivity contribution in [2.75, 3.05) is 0 Å². The van der Waals surface area contributed by atoms with Crippen LogP contribution in [0.25, 0.3) is 53.8 Å². The Balaban J connectivity index is 2.03. The van der Waals surface area contributed by atoms with E-state index in [1.807, 2.05) is 12.1 Å². The highest BCUT2D eigenvalue weighted by Crippen LogP contribution is 2.44. The quantitative estimate of drug-likeness (QED) is 0.0816. The van der Waals surface area contributed by atoms with Crippen LogP contribution in [0.5, 0.6) is 0 Å². The second-order valence-electron chi connectivity index (χ2n) is 10.3. The molecule has 0 aliphatic rings. The lowest BCUT2D eigenvalue weighted by Gasteiger charge is -2.29. The Labute approximate surface area is 207 Å². The summed E-state index contributed by atoms with van der Waals surface area (Å²) in [6, 6.07) is 19.6. The average molecular weight is 475 g/mol. The molecule has 0 atom stereocenters. The molecule has 3 heterocycles. The molecule has 3 aromatic heterocycles. The van der Waals surface area contributed by atoms with Crippen LogP contribution in [0.2, 0.25) is 18.1 Å². The summed E-state index contributed by atoms with van der Waals surface area (Å²) in [4.78, 5) is 3.99. The van der Waals surface area contributed by atoms with Crippen LogP contribution in [0, 0.1) is 20.4 Å². The van der Waals surface area contributed by atoms with Gasteiger partial charge >= 0.3 is 0 Å². The fourth-order valence-corrected chi connectivity index (χ4v) is 10.3. The van der Waals surface area contributed by atoms with Crippen LogP contribution < -0.4 is 9.75 Å². The summed E-state index contributed by atoms with van der Waals surface area (Å²) >= 11 is 0. The number of fused-ring (bicyclic) bond motifs is 5. The smallest absolute Gasteiger partial charge is 0.224 e. The van der Waals surface area contributed by atoms with Crippen LogP contribution in [-0.2, 0) is 7.05 Å². The third kappa shape index (κ3) is 2.68. The summed E-state index contributed by atoms with van der Waals surface area (Å²) in [5.41, 5.74) is 8.20. The van der Waals surface area contributed by atoms with Gasteiger partial charge in [0.05, 0.1) is 42.0 Å². The van der Waals surface area contributed by atoms with Crippen molar-refractivity contribution >= 4 is 67.9 Å². The minimum atomic E-state index is -1.61. The number of nitrogens with zero attached hydrogens (tertiary/aromatic N) is 3. The van der Waals surface area contributed by atoms with Crippen molar-refractivity contribution in [3.63, 3.8) is 0 Å². The molecular weight excluding hydrogens is 442 g/mol. The van der Waals surface area contributed by atoms with E-state index in [9.17, 15) is 0 Å². The summed E-state index contributed by atoms with van der Waals surface area (Å²) in [5.74, 6) is 0. The molecule has 0 fully saturated rings. The molecular formula is C31H32N3Si+. The van der Waals surface area contributed by atoms with Crippen molar-refractivity contribution in [3.8, 4) is 0 Å². The number of rotatable bonds is 4. The van der Waals surface area contributed by atoms with Crippen molar-refractivity contribution in [2.45, 2.75) is 52.8 Å². The Morgan fingerprint density at radius 3 is 2.34 bits per heavy atom. The molecule has 0 unspecified atom stereocenters. The highest BCUT2D eigenvalue weighted by molar-refractivity contribution is 6.92. The van der Waals surface area contributed by atoms with E-state index in [1.165, 1.54) is 72.7 Å². The van der Waals surface area contributed by atoms with Crippen molar-refractivity contribution in [1.29, 1.82) is 0 Å². The number of benzene rings is 3. The van der Waals surface area contributed by atoms with Gasteiger partial charge in [-0.2, -0.15) is 0 Å². The highest BCUT2D eigenvalue weighted by Gasteiger charge is 2.32. The first-order valence-corrected chi connectivity index (χ1v) is 15.4. The number of pyridine rings is 2. The molecule has 3 aromatic carbocycles. The third-order valence-corrected chi connectivity index (χ3v) is 14.6. The van der Waals surface area contributed by atoms with E-state index in [4.69, 9.17) is 6.57 Å². The maximum atomic E-state index is 8.00. The summed E-state index contributed by atoms with van der Waals surface area (Å²) in [7, 11) is 0.563. The van der Waals surface area contributed by atoms with Gasteiger partial charge in [0.25, 0.3) is 0 Å². The maximum Gasteiger partial charge on any atom is 0.224 e. The average Bonchev–Trinajstić information content (AvgIpc) is 3.21. The summed E-state index contributed by atoms with van der Waals surface area (Å²) < 4.78 is 4.74. The van der Waals surface area contributed by atoms with Gasteiger partial charge in [-0.1, -0.05) is 68.4 Å². The number of aromatic nitrogens is 2. The normalized spacial score (nSPS) is 12.6. The van der Waals surface area contributed by atoms with Gasteiger partial charge in [0.1, 0.15) is 7.05 Å². The van der Waals surface area contributed by atoms with Gasteiger partial charge in [0.2, 0.25) is 11.2 Å². The van der Waals surface area contributed by atoms with E-state index in [0.717, 1.165) is 11.2 Å². The summed E-state index contributed by atoms with van der Waals surface area (Å²) in [5, 5.41) is 7.92. The molecule has 3 nitrogen and oxygen atoms in total. The van der Waals surface area contributed by atoms with Gasteiger partial charge in [-0.3, -0.25) is 0 Å². The minimum absolute atomic E-state index is 0.729. The van der Waals surface area contributed by atoms with Crippen LogP contribution in [0.4, 0.5) is 5.69 Å². The van der Waals surface area contributed by atoms with Crippen molar-refractivity contribution in [3.05, 3.63) is 71.2 Å². The first-order chi connectivity index (χ1) is 16.9. The topological polar surface area (TPSA) is 12.6 Å². The van der Waals surface area contributed by atoms with Crippen LogP contribution in [0.3, 0.4) is 0 Å². The number of hydrogen-bond donors (Lipinski definition) is 0. The number of aryl methyl sites for hydroxylation is 3. The highest BCUT2D eigenvalue weighted by atomic mass is 28.3. The zero-order valence-corrected chi connectivity index (χ0v) is 22.6. The van der Waals surface area contributed by atoms with E-state index in [-0.39, 0.29) is 0 Å². The molecule has 0 N–H and O–H groups in total. The van der Waals surface area contributed by atoms with Gasteiger partial charge < -0.3 is 4.40 Å². The molecule has 35 heavy (non-hydrogen) atoms. The Morgan fingerprint density at radius 1 is 0.914 bits per heavy atom. The Morgan fingerprint density at radius 2 is 1.66 bits per heavy atom. The molecule has 6 rings (SSSR count). The molecule has 0 saturated heterocycles. The number of para-hydroxylation sites is 1. The first-order valence-electron chi connectivity index (χ1n) is 12.8. The fourth-order valence-electron chi connectivity index (χ4n) is 6.68. The first kappa shape index (κ1) is 22.1. The molecule has 0 saturated carbocycles. The Kier molecular flexibility index (Phi) is 4.75. The van der Waals surface area contributed by atoms with E-state index < -0.39 is 8.07 Å². The van der Waals surface area contributed by atoms with Gasteiger partial charge in [0.15, 0.2) is 6.20 Å². The largest absolute Gasteiger partial charge is 0.317 e. The van der Waals surface area contributed by atoms with Crippen LogP contribution in [-0.4, -0.2) is 12.5 Å².